The molecule has 0 aliphatic carbocycles. The van der Waals surface area contributed by atoms with Gasteiger partial charge in [-0.3, -0.25) is 10.1 Å². The van der Waals surface area contributed by atoms with Crippen molar-refractivity contribution >= 4 is 5.69 Å². The second-order valence-corrected chi connectivity index (χ2v) is 4.28. The Bertz CT molecular complexity index is 796. The molecule has 0 unspecified atom stereocenters. The van der Waals surface area contributed by atoms with Crippen LogP contribution in [0.25, 0.3) is 22.8 Å². The molecule has 2 aromatic carbocycles. The summed E-state index contributed by atoms with van der Waals surface area (Å²) in [7, 11) is 0. The summed E-state index contributed by atoms with van der Waals surface area (Å²) in [6, 6.07) is 12.3. The number of hydrogen-bond donors (Lipinski definition) is 1. The average molecular weight is 283 g/mol. The molecule has 21 heavy (non-hydrogen) atoms. The molecular weight excluding hydrogens is 274 g/mol. The summed E-state index contributed by atoms with van der Waals surface area (Å²) in [5.74, 6) is 0.676. The van der Waals surface area contributed by atoms with Crippen LogP contribution in [0, 0.1) is 10.1 Å². The van der Waals surface area contributed by atoms with Gasteiger partial charge in [-0.15, -0.1) is 0 Å². The molecule has 0 bridgehead atoms. The van der Waals surface area contributed by atoms with Gasteiger partial charge in [0.2, 0.25) is 5.82 Å². The Morgan fingerprint density at radius 1 is 1.10 bits per heavy atom. The number of nitro groups is 1. The average Bonchev–Trinajstić information content (AvgIpc) is 2.98. The molecule has 104 valence electrons. The monoisotopic (exact) mass is 283 g/mol. The molecule has 0 atom stereocenters. The lowest BCUT2D eigenvalue weighted by atomic mass is 10.2. The van der Waals surface area contributed by atoms with E-state index in [1.165, 1.54) is 24.3 Å². The number of nitrogens with zero attached hydrogens (tertiary/aromatic N) is 3. The van der Waals surface area contributed by atoms with Crippen molar-refractivity contribution in [3.05, 3.63) is 58.6 Å². The maximum atomic E-state index is 10.8. The first kappa shape index (κ1) is 12.8. The molecule has 0 spiro atoms. The van der Waals surface area contributed by atoms with Crippen LogP contribution < -0.4 is 0 Å². The summed E-state index contributed by atoms with van der Waals surface area (Å²) in [5.41, 5.74) is 1.11. The molecule has 7 heteroatoms. The standard InChI is InChI=1S/C14H9N3O4/c18-12-6-4-9(5-7-12)14-15-13(16-21-14)10-2-1-3-11(8-10)17(19)20/h1-8,18H. The van der Waals surface area contributed by atoms with Gasteiger partial charge < -0.3 is 9.63 Å². The fraction of sp³-hybridized carbons (Fsp3) is 0. The SMILES string of the molecule is O=[N+]([O-])c1cccc(-c2noc(-c3ccc(O)cc3)n2)c1. The van der Waals surface area contributed by atoms with Crippen molar-refractivity contribution in [3.8, 4) is 28.6 Å². The third-order valence-corrected chi connectivity index (χ3v) is 2.86. The highest BCUT2D eigenvalue weighted by Gasteiger charge is 2.13. The number of non-ortho nitro benzene ring substituents is 1. The van der Waals surface area contributed by atoms with Crippen LogP contribution in [0.15, 0.2) is 53.1 Å². The van der Waals surface area contributed by atoms with E-state index >= 15 is 0 Å². The molecular formula is C14H9N3O4. The fourth-order valence-electron chi connectivity index (χ4n) is 1.82. The van der Waals surface area contributed by atoms with E-state index in [0.29, 0.717) is 11.1 Å². The van der Waals surface area contributed by atoms with E-state index in [1.807, 2.05) is 0 Å². The third-order valence-electron chi connectivity index (χ3n) is 2.86. The lowest BCUT2D eigenvalue weighted by molar-refractivity contribution is -0.384. The summed E-state index contributed by atoms with van der Waals surface area (Å²) in [6.45, 7) is 0. The first-order valence-corrected chi connectivity index (χ1v) is 6.01. The molecule has 0 aliphatic heterocycles. The van der Waals surface area contributed by atoms with Crippen LogP contribution in [0.2, 0.25) is 0 Å². The molecule has 3 aromatic rings. The van der Waals surface area contributed by atoms with Crippen molar-refractivity contribution in [2.45, 2.75) is 0 Å². The molecule has 0 fully saturated rings. The Labute approximate surface area is 118 Å². The molecule has 0 amide bonds. The number of phenols is 1. The molecule has 0 saturated carbocycles. The number of rotatable bonds is 3. The summed E-state index contributed by atoms with van der Waals surface area (Å²) >= 11 is 0. The highest BCUT2D eigenvalue weighted by atomic mass is 16.6. The van der Waals surface area contributed by atoms with E-state index in [-0.39, 0.29) is 23.2 Å². The topological polar surface area (TPSA) is 102 Å². The van der Waals surface area contributed by atoms with E-state index in [1.54, 1.807) is 24.3 Å². The quantitative estimate of drug-likeness (QED) is 0.585. The van der Waals surface area contributed by atoms with Crippen molar-refractivity contribution < 1.29 is 14.6 Å². The van der Waals surface area contributed by atoms with Crippen LogP contribution in [0.1, 0.15) is 0 Å². The number of hydrogen-bond acceptors (Lipinski definition) is 6. The van der Waals surface area contributed by atoms with E-state index in [2.05, 4.69) is 10.1 Å². The van der Waals surface area contributed by atoms with Gasteiger partial charge in [0.25, 0.3) is 11.6 Å². The predicted molar refractivity (Wildman–Crippen MR) is 73.5 cm³/mol. The van der Waals surface area contributed by atoms with E-state index in [0.717, 1.165) is 0 Å². The van der Waals surface area contributed by atoms with Crippen LogP contribution in [0.3, 0.4) is 0 Å². The van der Waals surface area contributed by atoms with Gasteiger partial charge in [-0.1, -0.05) is 17.3 Å². The maximum absolute atomic E-state index is 10.8. The summed E-state index contributed by atoms with van der Waals surface area (Å²) < 4.78 is 5.13. The Hall–Kier alpha value is -3.22. The van der Waals surface area contributed by atoms with Gasteiger partial charge in [-0.2, -0.15) is 4.98 Å². The number of nitro benzene ring substituents is 1. The fourth-order valence-corrected chi connectivity index (χ4v) is 1.82. The first-order valence-electron chi connectivity index (χ1n) is 6.01. The lowest BCUT2D eigenvalue weighted by Crippen LogP contribution is -1.88. The Kier molecular flexibility index (Phi) is 3.07. The van der Waals surface area contributed by atoms with Gasteiger partial charge in [0, 0.05) is 23.3 Å². The van der Waals surface area contributed by atoms with Crippen LogP contribution in [-0.4, -0.2) is 20.2 Å². The molecule has 0 aliphatic rings. The second kappa shape index (κ2) is 5.04. The molecule has 0 saturated heterocycles. The molecule has 1 aromatic heterocycles. The van der Waals surface area contributed by atoms with E-state index in [9.17, 15) is 15.2 Å². The van der Waals surface area contributed by atoms with Crippen molar-refractivity contribution in [3.63, 3.8) is 0 Å². The van der Waals surface area contributed by atoms with E-state index in [4.69, 9.17) is 4.52 Å². The molecule has 7 nitrogen and oxygen atoms in total. The summed E-state index contributed by atoms with van der Waals surface area (Å²) in [6.07, 6.45) is 0. The van der Waals surface area contributed by atoms with Crippen LogP contribution in [0.4, 0.5) is 5.69 Å². The second-order valence-electron chi connectivity index (χ2n) is 4.28. The Balaban J connectivity index is 1.96. The number of aromatic hydroxyl groups is 1. The Morgan fingerprint density at radius 3 is 2.57 bits per heavy atom. The van der Waals surface area contributed by atoms with Crippen molar-refractivity contribution in [1.82, 2.24) is 10.1 Å². The zero-order valence-electron chi connectivity index (χ0n) is 10.6. The minimum Gasteiger partial charge on any atom is -0.508 e. The van der Waals surface area contributed by atoms with Gasteiger partial charge in [0.1, 0.15) is 5.75 Å². The number of phenolic OH excluding ortho intramolecular Hbond substituents is 1. The van der Waals surface area contributed by atoms with Gasteiger partial charge in [-0.25, -0.2) is 0 Å². The summed E-state index contributed by atoms with van der Waals surface area (Å²) in [5, 5.41) is 23.8. The Morgan fingerprint density at radius 2 is 1.86 bits per heavy atom. The van der Waals surface area contributed by atoms with Crippen LogP contribution in [-0.2, 0) is 0 Å². The lowest BCUT2D eigenvalue weighted by Gasteiger charge is -1.95. The van der Waals surface area contributed by atoms with Gasteiger partial charge in [-0.05, 0) is 24.3 Å². The first-order chi connectivity index (χ1) is 10.1. The molecule has 1 N–H and O–H groups in total. The largest absolute Gasteiger partial charge is 0.508 e. The summed E-state index contributed by atoms with van der Waals surface area (Å²) in [4.78, 5) is 14.5. The molecule has 3 rings (SSSR count). The van der Waals surface area contributed by atoms with Crippen LogP contribution >= 0.6 is 0 Å². The minimum absolute atomic E-state index is 0.0384. The van der Waals surface area contributed by atoms with Crippen LogP contribution in [0.5, 0.6) is 5.75 Å². The minimum atomic E-state index is -0.482. The smallest absolute Gasteiger partial charge is 0.270 e. The zero-order valence-corrected chi connectivity index (χ0v) is 10.6. The van der Waals surface area contributed by atoms with Crippen molar-refractivity contribution in [1.29, 1.82) is 0 Å². The van der Waals surface area contributed by atoms with Gasteiger partial charge in [0.05, 0.1) is 4.92 Å². The molecule has 1 heterocycles. The number of benzene rings is 2. The van der Waals surface area contributed by atoms with Crippen molar-refractivity contribution in [2.75, 3.05) is 0 Å². The third kappa shape index (κ3) is 2.57. The molecule has 0 radical (unpaired) electrons. The maximum Gasteiger partial charge on any atom is 0.270 e. The van der Waals surface area contributed by atoms with E-state index < -0.39 is 4.92 Å². The normalized spacial score (nSPS) is 10.5. The van der Waals surface area contributed by atoms with Gasteiger partial charge in [0.15, 0.2) is 0 Å². The zero-order chi connectivity index (χ0) is 14.8. The highest BCUT2D eigenvalue weighted by molar-refractivity contribution is 5.62. The highest BCUT2D eigenvalue weighted by Crippen LogP contribution is 2.25. The number of aromatic nitrogens is 2. The van der Waals surface area contributed by atoms with Crippen molar-refractivity contribution in [2.24, 2.45) is 0 Å². The van der Waals surface area contributed by atoms with Gasteiger partial charge >= 0.3 is 0 Å². The predicted octanol–water partition coefficient (Wildman–Crippen LogP) is 3.02.